The summed E-state index contributed by atoms with van der Waals surface area (Å²) in [5.41, 5.74) is 0. The first-order valence-electron chi connectivity index (χ1n) is 6.88. The minimum absolute atomic E-state index is 0.246. The van der Waals surface area contributed by atoms with Crippen molar-refractivity contribution in [2.45, 2.75) is 10.9 Å². The van der Waals surface area contributed by atoms with Gasteiger partial charge in [0.25, 0.3) is 0 Å². The summed E-state index contributed by atoms with van der Waals surface area (Å²) in [7, 11) is -3.75. The Bertz CT molecular complexity index is 628. The second-order valence-electron chi connectivity index (χ2n) is 5.33. The molecule has 0 radical (unpaired) electrons. The lowest BCUT2D eigenvalue weighted by atomic mass is 10.1. The lowest BCUT2D eigenvalue weighted by molar-refractivity contribution is 0.103. The van der Waals surface area contributed by atoms with Crippen molar-refractivity contribution < 1.29 is 12.8 Å². The molecule has 2 heterocycles. The highest BCUT2D eigenvalue weighted by atomic mass is 79.9. The van der Waals surface area contributed by atoms with E-state index in [1.54, 1.807) is 6.07 Å². The summed E-state index contributed by atoms with van der Waals surface area (Å²) in [6.07, 6.45) is 0. The minimum Gasteiger partial charge on any atom is -0.314 e. The largest absolute Gasteiger partial charge is 0.314 e. The number of nitrogens with zero attached hydrogens (tertiary/aromatic N) is 2. The van der Waals surface area contributed by atoms with E-state index < -0.39 is 15.8 Å². The molecular weight excluding hydrogens is 361 g/mol. The maximum Gasteiger partial charge on any atom is 0.246 e. The van der Waals surface area contributed by atoms with Crippen LogP contribution in [0.4, 0.5) is 4.39 Å². The Hall–Kier alpha value is -0.540. The van der Waals surface area contributed by atoms with Gasteiger partial charge in [0.15, 0.2) is 0 Å². The van der Waals surface area contributed by atoms with Gasteiger partial charge in [-0.2, -0.15) is 4.31 Å². The second kappa shape index (κ2) is 5.92. The van der Waals surface area contributed by atoms with Gasteiger partial charge in [-0.15, -0.1) is 0 Å². The Kier molecular flexibility index (Phi) is 4.33. The molecular formula is C13H17BrFN3O2S. The molecule has 1 aromatic rings. The number of hydrogen-bond donors (Lipinski definition) is 1. The van der Waals surface area contributed by atoms with Crippen molar-refractivity contribution in [3.05, 3.63) is 28.5 Å². The van der Waals surface area contributed by atoms with Crippen LogP contribution in [0.15, 0.2) is 27.6 Å². The number of benzene rings is 1. The molecule has 3 rings (SSSR count). The highest BCUT2D eigenvalue weighted by Gasteiger charge is 2.33. The van der Waals surface area contributed by atoms with E-state index in [2.05, 4.69) is 26.1 Å². The van der Waals surface area contributed by atoms with Crippen LogP contribution in [0.2, 0.25) is 0 Å². The van der Waals surface area contributed by atoms with Gasteiger partial charge in [-0.1, -0.05) is 15.9 Å². The van der Waals surface area contributed by atoms with Crippen LogP contribution in [0.1, 0.15) is 0 Å². The maximum absolute atomic E-state index is 13.9. The van der Waals surface area contributed by atoms with Gasteiger partial charge in [-0.05, 0) is 18.2 Å². The molecule has 0 spiro atoms. The summed E-state index contributed by atoms with van der Waals surface area (Å²) in [6, 6.07) is 4.56. The number of hydrogen-bond acceptors (Lipinski definition) is 4. The van der Waals surface area contributed by atoms with Crippen LogP contribution in [-0.2, 0) is 10.0 Å². The number of halogens is 2. The van der Waals surface area contributed by atoms with E-state index in [0.717, 1.165) is 13.1 Å². The van der Waals surface area contributed by atoms with Crippen molar-refractivity contribution in [3.8, 4) is 0 Å². The molecule has 0 bridgehead atoms. The summed E-state index contributed by atoms with van der Waals surface area (Å²) >= 11 is 3.14. The predicted octanol–water partition coefficient (Wildman–Crippen LogP) is 0.866. The second-order valence-corrected chi connectivity index (χ2v) is 8.15. The van der Waals surface area contributed by atoms with Gasteiger partial charge in [-0.3, -0.25) is 4.90 Å². The number of piperazine rings is 1. The first-order valence-corrected chi connectivity index (χ1v) is 9.12. The van der Waals surface area contributed by atoms with Gasteiger partial charge >= 0.3 is 0 Å². The summed E-state index contributed by atoms with van der Waals surface area (Å²) in [6.45, 7) is 4.15. The van der Waals surface area contributed by atoms with Crippen molar-refractivity contribution in [1.82, 2.24) is 14.5 Å². The predicted molar refractivity (Wildman–Crippen MR) is 81.1 cm³/mol. The van der Waals surface area contributed by atoms with Crippen LogP contribution in [0.3, 0.4) is 0 Å². The van der Waals surface area contributed by atoms with E-state index in [9.17, 15) is 12.8 Å². The van der Waals surface area contributed by atoms with Gasteiger partial charge in [0.2, 0.25) is 10.0 Å². The third-order valence-corrected chi connectivity index (χ3v) is 6.49. The number of rotatable bonds is 3. The topological polar surface area (TPSA) is 52.7 Å². The van der Waals surface area contributed by atoms with E-state index in [-0.39, 0.29) is 4.90 Å². The average Bonchev–Trinajstić information content (AvgIpc) is 2.37. The van der Waals surface area contributed by atoms with Gasteiger partial charge < -0.3 is 5.32 Å². The van der Waals surface area contributed by atoms with E-state index in [0.29, 0.717) is 36.7 Å². The molecule has 0 aromatic heterocycles. The molecule has 116 valence electrons. The quantitative estimate of drug-likeness (QED) is 0.848. The fourth-order valence-electron chi connectivity index (χ4n) is 2.66. The summed E-state index contributed by atoms with van der Waals surface area (Å²) in [4.78, 5) is 2.05. The Morgan fingerprint density at radius 3 is 2.38 bits per heavy atom. The van der Waals surface area contributed by atoms with E-state index in [1.807, 2.05) is 0 Å². The molecule has 2 fully saturated rings. The Morgan fingerprint density at radius 2 is 1.86 bits per heavy atom. The van der Waals surface area contributed by atoms with Crippen molar-refractivity contribution >= 4 is 26.0 Å². The van der Waals surface area contributed by atoms with Crippen molar-refractivity contribution in [3.63, 3.8) is 0 Å². The van der Waals surface area contributed by atoms with Crippen molar-refractivity contribution in [2.24, 2.45) is 0 Å². The molecule has 2 aliphatic heterocycles. The molecule has 5 nitrogen and oxygen atoms in total. The molecule has 21 heavy (non-hydrogen) atoms. The Labute approximate surface area is 132 Å². The van der Waals surface area contributed by atoms with Crippen molar-refractivity contribution in [2.75, 3.05) is 39.3 Å². The zero-order chi connectivity index (χ0) is 15.0. The molecule has 1 N–H and O–H groups in total. The molecule has 1 aromatic carbocycles. The van der Waals surface area contributed by atoms with Gasteiger partial charge in [-0.25, -0.2) is 12.8 Å². The molecule has 2 saturated heterocycles. The van der Waals surface area contributed by atoms with Gasteiger partial charge in [0.05, 0.1) is 0 Å². The lowest BCUT2D eigenvalue weighted by Gasteiger charge is -2.42. The van der Waals surface area contributed by atoms with Crippen LogP contribution < -0.4 is 5.32 Å². The highest BCUT2D eigenvalue weighted by molar-refractivity contribution is 9.10. The third-order valence-electron chi connectivity index (χ3n) is 4.06. The molecule has 0 unspecified atom stereocenters. The zero-order valence-corrected chi connectivity index (χ0v) is 13.8. The summed E-state index contributed by atoms with van der Waals surface area (Å²) < 4.78 is 40.9. The lowest BCUT2D eigenvalue weighted by Crippen LogP contribution is -2.62. The SMILES string of the molecule is O=S(=O)(c1ccc(Br)cc1F)N1CCN(C2CNC2)CC1. The number of sulfonamides is 1. The Morgan fingerprint density at radius 1 is 1.19 bits per heavy atom. The number of nitrogens with one attached hydrogen (secondary N) is 1. The molecule has 0 atom stereocenters. The summed E-state index contributed by atoms with van der Waals surface area (Å²) in [5, 5.41) is 3.21. The fourth-order valence-corrected chi connectivity index (χ4v) is 4.46. The van der Waals surface area contributed by atoms with Crippen LogP contribution >= 0.6 is 15.9 Å². The fraction of sp³-hybridized carbons (Fsp3) is 0.538. The average molecular weight is 378 g/mol. The van der Waals surface area contributed by atoms with Gasteiger partial charge in [0.1, 0.15) is 10.7 Å². The van der Waals surface area contributed by atoms with Crippen LogP contribution in [0.5, 0.6) is 0 Å². The highest BCUT2D eigenvalue weighted by Crippen LogP contribution is 2.24. The molecule has 2 aliphatic rings. The van der Waals surface area contributed by atoms with E-state index in [1.165, 1.54) is 16.4 Å². The Balaban J connectivity index is 1.73. The molecule has 0 saturated carbocycles. The maximum atomic E-state index is 13.9. The van der Waals surface area contributed by atoms with Gasteiger partial charge in [0, 0.05) is 49.8 Å². The van der Waals surface area contributed by atoms with Crippen LogP contribution in [-0.4, -0.2) is 62.9 Å². The third kappa shape index (κ3) is 3.00. The molecule has 0 aliphatic carbocycles. The van der Waals surface area contributed by atoms with Crippen molar-refractivity contribution in [1.29, 1.82) is 0 Å². The van der Waals surface area contributed by atoms with E-state index >= 15 is 0 Å². The standard InChI is InChI=1S/C13H17BrFN3O2S/c14-10-1-2-13(12(15)7-10)21(19,20)18-5-3-17(4-6-18)11-8-16-9-11/h1-2,7,11,16H,3-6,8-9H2. The zero-order valence-electron chi connectivity index (χ0n) is 11.4. The first-order chi connectivity index (χ1) is 9.98. The normalized spacial score (nSPS) is 22.2. The molecule has 0 amide bonds. The van der Waals surface area contributed by atoms with E-state index in [4.69, 9.17) is 0 Å². The van der Waals surface area contributed by atoms with Crippen LogP contribution in [0, 0.1) is 5.82 Å². The van der Waals surface area contributed by atoms with Crippen LogP contribution in [0.25, 0.3) is 0 Å². The smallest absolute Gasteiger partial charge is 0.246 e. The monoisotopic (exact) mass is 377 g/mol. The molecule has 8 heteroatoms. The minimum atomic E-state index is -3.75. The summed E-state index contributed by atoms with van der Waals surface area (Å²) in [5.74, 6) is -0.713. The first kappa shape index (κ1) is 15.4.